The Morgan fingerprint density at radius 2 is 1.78 bits per heavy atom. The van der Waals surface area contributed by atoms with Gasteiger partial charge in [0.1, 0.15) is 21.2 Å². The van der Waals surface area contributed by atoms with E-state index in [1.54, 1.807) is 25.1 Å². The van der Waals surface area contributed by atoms with Crippen LogP contribution >= 0.6 is 34.4 Å². The number of esters is 1. The third kappa shape index (κ3) is 6.02. The van der Waals surface area contributed by atoms with Crippen molar-refractivity contribution in [2.45, 2.75) is 18.6 Å². The highest BCUT2D eigenvalue weighted by atomic mass is 32.2. The van der Waals surface area contributed by atoms with Gasteiger partial charge < -0.3 is 10.1 Å². The molecule has 0 fully saturated rings. The lowest BCUT2D eigenvalue weighted by Gasteiger charge is -2.11. The van der Waals surface area contributed by atoms with Gasteiger partial charge in [-0.3, -0.25) is 14.2 Å². The van der Waals surface area contributed by atoms with Crippen molar-refractivity contribution in [3.8, 4) is 22.3 Å². The Morgan fingerprint density at radius 1 is 1.07 bits per heavy atom. The number of thioether (sulfide) groups is 1. The minimum atomic E-state index is -0.517. The van der Waals surface area contributed by atoms with Crippen LogP contribution in [0.2, 0.25) is 0 Å². The molecule has 0 atom stereocenters. The molecule has 0 aliphatic carbocycles. The van der Waals surface area contributed by atoms with Crippen LogP contribution in [0.4, 0.5) is 9.39 Å². The van der Waals surface area contributed by atoms with E-state index in [1.165, 1.54) is 39.4 Å². The van der Waals surface area contributed by atoms with Crippen LogP contribution in [0.15, 0.2) is 88.0 Å². The molecular formula is C30H24FN3O4S3. The molecule has 0 aliphatic heterocycles. The Bertz CT molecular complexity index is 1790. The van der Waals surface area contributed by atoms with Crippen molar-refractivity contribution < 1.29 is 18.7 Å². The van der Waals surface area contributed by atoms with Crippen LogP contribution in [0.1, 0.15) is 17.3 Å². The minimum absolute atomic E-state index is 0.0495. The number of hydrogen-bond acceptors (Lipinski definition) is 8. The number of thiophene rings is 2. The second kappa shape index (κ2) is 12.6. The highest BCUT2D eigenvalue weighted by molar-refractivity contribution is 7.99. The number of aromatic nitrogens is 2. The van der Waals surface area contributed by atoms with Crippen molar-refractivity contribution in [1.29, 1.82) is 0 Å². The third-order valence-electron chi connectivity index (χ3n) is 6.07. The SMILES string of the molecule is C=CCn1c(SCC(=O)Nc2scc(-c3ccccc3)c2C(=O)OCC)nc2scc(-c3ccc(F)cc3)c2c1=O. The summed E-state index contributed by atoms with van der Waals surface area (Å²) in [6, 6.07) is 15.4. The summed E-state index contributed by atoms with van der Waals surface area (Å²) in [5.41, 5.74) is 2.94. The molecule has 41 heavy (non-hydrogen) atoms. The zero-order valence-corrected chi connectivity index (χ0v) is 24.3. The van der Waals surface area contributed by atoms with Gasteiger partial charge in [-0.1, -0.05) is 60.3 Å². The molecule has 0 bridgehead atoms. The largest absolute Gasteiger partial charge is 0.462 e. The summed E-state index contributed by atoms with van der Waals surface area (Å²) < 4.78 is 20.2. The zero-order valence-electron chi connectivity index (χ0n) is 21.9. The number of fused-ring (bicyclic) bond motifs is 1. The topological polar surface area (TPSA) is 90.3 Å². The molecule has 0 aliphatic rings. The summed E-state index contributed by atoms with van der Waals surface area (Å²) >= 11 is 3.67. The number of nitrogens with zero attached hydrogens (tertiary/aromatic N) is 2. The average Bonchev–Trinajstić information content (AvgIpc) is 3.59. The van der Waals surface area contributed by atoms with Gasteiger partial charge in [0.15, 0.2) is 5.16 Å². The van der Waals surface area contributed by atoms with Crippen LogP contribution in [-0.2, 0) is 16.1 Å². The minimum Gasteiger partial charge on any atom is -0.462 e. The van der Waals surface area contributed by atoms with Crippen molar-refractivity contribution in [3.05, 3.63) is 99.7 Å². The van der Waals surface area contributed by atoms with Gasteiger partial charge in [0, 0.05) is 28.4 Å². The third-order valence-corrected chi connectivity index (χ3v) is 8.81. The van der Waals surface area contributed by atoms with Gasteiger partial charge in [-0.05, 0) is 30.2 Å². The van der Waals surface area contributed by atoms with Crippen molar-refractivity contribution in [2.75, 3.05) is 17.7 Å². The lowest BCUT2D eigenvalue weighted by Crippen LogP contribution is -2.23. The highest BCUT2D eigenvalue weighted by Crippen LogP contribution is 2.37. The number of nitrogens with one attached hydrogen (secondary N) is 1. The van der Waals surface area contributed by atoms with Gasteiger partial charge in [-0.15, -0.1) is 29.3 Å². The van der Waals surface area contributed by atoms with Crippen molar-refractivity contribution >= 4 is 61.5 Å². The average molecular weight is 606 g/mol. The first-order valence-electron chi connectivity index (χ1n) is 12.6. The molecule has 5 aromatic rings. The van der Waals surface area contributed by atoms with Crippen molar-refractivity contribution in [3.63, 3.8) is 0 Å². The maximum Gasteiger partial charge on any atom is 0.341 e. The van der Waals surface area contributed by atoms with E-state index in [2.05, 4.69) is 16.9 Å². The summed E-state index contributed by atoms with van der Waals surface area (Å²) in [6.45, 7) is 5.88. The monoisotopic (exact) mass is 605 g/mol. The molecule has 0 saturated heterocycles. The molecule has 5 rings (SSSR count). The quantitative estimate of drug-likeness (QED) is 0.0792. The summed E-state index contributed by atoms with van der Waals surface area (Å²) in [4.78, 5) is 44.7. The summed E-state index contributed by atoms with van der Waals surface area (Å²) in [7, 11) is 0. The van der Waals surface area contributed by atoms with E-state index in [4.69, 9.17) is 4.74 Å². The predicted molar refractivity (Wildman–Crippen MR) is 165 cm³/mol. The Kier molecular flexibility index (Phi) is 8.77. The van der Waals surface area contributed by atoms with Crippen LogP contribution in [-0.4, -0.2) is 33.8 Å². The van der Waals surface area contributed by atoms with Gasteiger partial charge in [0.25, 0.3) is 5.56 Å². The number of halogens is 1. The van der Waals surface area contributed by atoms with E-state index >= 15 is 0 Å². The molecule has 0 saturated carbocycles. The van der Waals surface area contributed by atoms with E-state index in [-0.39, 0.29) is 36.2 Å². The van der Waals surface area contributed by atoms with Gasteiger partial charge in [-0.25, -0.2) is 14.2 Å². The van der Waals surface area contributed by atoms with Crippen LogP contribution < -0.4 is 10.9 Å². The number of allylic oxidation sites excluding steroid dienone is 1. The number of carbonyl (C=O) groups excluding carboxylic acids is 2. The molecular weight excluding hydrogens is 582 g/mol. The Balaban J connectivity index is 1.41. The molecule has 0 spiro atoms. The number of carbonyl (C=O) groups is 2. The normalized spacial score (nSPS) is 11.0. The predicted octanol–water partition coefficient (Wildman–Crippen LogP) is 7.09. The molecule has 3 aromatic heterocycles. The Morgan fingerprint density at radius 3 is 2.49 bits per heavy atom. The number of anilines is 1. The van der Waals surface area contributed by atoms with Crippen LogP contribution in [0.5, 0.6) is 0 Å². The van der Waals surface area contributed by atoms with E-state index in [0.29, 0.717) is 42.6 Å². The van der Waals surface area contributed by atoms with Gasteiger partial charge >= 0.3 is 5.97 Å². The molecule has 1 amide bonds. The Labute approximate surface area is 247 Å². The summed E-state index contributed by atoms with van der Waals surface area (Å²) in [6.07, 6.45) is 1.59. The molecule has 11 heteroatoms. The molecule has 1 N–H and O–H groups in total. The van der Waals surface area contributed by atoms with Crippen molar-refractivity contribution in [2.24, 2.45) is 0 Å². The zero-order chi connectivity index (χ0) is 28.9. The van der Waals surface area contributed by atoms with E-state index in [0.717, 1.165) is 17.3 Å². The second-order valence-electron chi connectivity index (χ2n) is 8.71. The number of benzene rings is 2. The fourth-order valence-electron chi connectivity index (χ4n) is 4.23. The molecule has 208 valence electrons. The van der Waals surface area contributed by atoms with E-state index < -0.39 is 5.97 Å². The van der Waals surface area contributed by atoms with Crippen LogP contribution in [0.25, 0.3) is 32.5 Å². The second-order valence-corrected chi connectivity index (χ2v) is 11.4. The van der Waals surface area contributed by atoms with Gasteiger partial charge in [-0.2, -0.15) is 0 Å². The molecule has 7 nitrogen and oxygen atoms in total. The van der Waals surface area contributed by atoms with E-state index in [9.17, 15) is 18.8 Å². The smallest absolute Gasteiger partial charge is 0.341 e. The fraction of sp³-hybridized carbons (Fsp3) is 0.133. The molecule has 0 radical (unpaired) electrons. The molecule has 2 aromatic carbocycles. The summed E-state index contributed by atoms with van der Waals surface area (Å²) in [5.74, 6) is -1.29. The van der Waals surface area contributed by atoms with Crippen LogP contribution in [0.3, 0.4) is 0 Å². The standard InChI is InChI=1S/C30H24FN3O4S3/c1-3-14-34-28(36)24-21(19-10-12-20(31)13-11-19)15-39-26(24)33-30(34)41-17-23(35)32-27-25(29(37)38-4-2)22(16-40-27)18-8-6-5-7-9-18/h3,5-13,15-16H,1,4,14,17H2,2H3,(H,32,35). The van der Waals surface area contributed by atoms with E-state index in [1.807, 2.05) is 41.1 Å². The van der Waals surface area contributed by atoms with Gasteiger partial charge in [0.2, 0.25) is 5.91 Å². The molecule has 0 unspecified atom stereocenters. The maximum absolute atomic E-state index is 13.6. The first kappa shape index (κ1) is 28.5. The first-order valence-corrected chi connectivity index (χ1v) is 15.3. The van der Waals surface area contributed by atoms with Crippen LogP contribution in [0, 0.1) is 5.82 Å². The van der Waals surface area contributed by atoms with Gasteiger partial charge in [0.05, 0.1) is 17.7 Å². The Hall–Kier alpha value is -4.06. The maximum atomic E-state index is 13.6. The number of rotatable bonds is 10. The fourth-order valence-corrected chi connectivity index (χ4v) is 7.00. The molecule has 3 heterocycles. The number of ether oxygens (including phenoxy) is 1. The lowest BCUT2D eigenvalue weighted by molar-refractivity contribution is -0.113. The number of amides is 1. The first-order chi connectivity index (χ1) is 19.9. The summed E-state index contributed by atoms with van der Waals surface area (Å²) in [5, 5.41) is 7.67. The lowest BCUT2D eigenvalue weighted by atomic mass is 10.0. The number of hydrogen-bond donors (Lipinski definition) is 1. The highest BCUT2D eigenvalue weighted by Gasteiger charge is 2.23. The van der Waals surface area contributed by atoms with Crippen molar-refractivity contribution in [1.82, 2.24) is 9.55 Å².